The fourth-order valence-corrected chi connectivity index (χ4v) is 2.66. The van der Waals surface area contributed by atoms with E-state index in [0.29, 0.717) is 17.2 Å². The fourth-order valence-electron chi connectivity index (χ4n) is 2.66. The number of ether oxygens (including phenoxy) is 1. The molecule has 1 N–H and O–H groups in total. The molecule has 0 aromatic heterocycles. The molecule has 7 heteroatoms. The number of carbonyl (C=O) groups is 1. The average Bonchev–Trinajstić information content (AvgIpc) is 2.52. The number of halogens is 4. The Balaban J connectivity index is 2.80. The lowest BCUT2D eigenvalue weighted by Crippen LogP contribution is -2.15. The zero-order valence-corrected chi connectivity index (χ0v) is 13.9. The first-order valence-corrected chi connectivity index (χ1v) is 7.46. The SMILES string of the molecule is CNc1c(COC(C)=O)c(C(F)(F)F)cc(F)c1-c1ccccc1C. The number of benzene rings is 2. The van der Waals surface area contributed by atoms with Gasteiger partial charge in [0.1, 0.15) is 12.4 Å². The number of nitrogens with one attached hydrogen (secondary N) is 1. The molecule has 2 aromatic rings. The summed E-state index contributed by atoms with van der Waals surface area (Å²) in [7, 11) is 1.40. The van der Waals surface area contributed by atoms with Gasteiger partial charge in [0.05, 0.1) is 11.3 Å². The van der Waals surface area contributed by atoms with E-state index in [1.54, 1.807) is 31.2 Å². The highest BCUT2D eigenvalue weighted by atomic mass is 19.4. The second kappa shape index (κ2) is 7.13. The Morgan fingerprint density at radius 3 is 2.40 bits per heavy atom. The van der Waals surface area contributed by atoms with Gasteiger partial charge in [0.15, 0.2) is 0 Å². The number of aryl methyl sites for hydroxylation is 1. The van der Waals surface area contributed by atoms with Crippen molar-refractivity contribution >= 4 is 11.7 Å². The molecule has 2 aromatic carbocycles. The maximum atomic E-state index is 14.6. The second-order valence-electron chi connectivity index (χ2n) is 5.48. The number of esters is 1. The van der Waals surface area contributed by atoms with E-state index < -0.39 is 30.1 Å². The molecule has 0 spiro atoms. The zero-order chi connectivity index (χ0) is 18.8. The molecule has 0 fully saturated rings. The molecule has 0 bridgehead atoms. The van der Waals surface area contributed by atoms with E-state index in [1.165, 1.54) is 7.05 Å². The Labute approximate surface area is 142 Å². The summed E-state index contributed by atoms with van der Waals surface area (Å²) < 4.78 is 59.4. The molecule has 0 aliphatic carbocycles. The molecule has 25 heavy (non-hydrogen) atoms. The zero-order valence-electron chi connectivity index (χ0n) is 13.9. The van der Waals surface area contributed by atoms with Gasteiger partial charge in [-0.05, 0) is 24.1 Å². The van der Waals surface area contributed by atoms with Crippen LogP contribution in [0.2, 0.25) is 0 Å². The molecule has 0 unspecified atom stereocenters. The Bertz CT molecular complexity index is 800. The summed E-state index contributed by atoms with van der Waals surface area (Å²) in [5.41, 5.74) is -0.366. The summed E-state index contributed by atoms with van der Waals surface area (Å²) in [6.45, 7) is 2.22. The van der Waals surface area contributed by atoms with Gasteiger partial charge in [-0.15, -0.1) is 0 Å². The van der Waals surface area contributed by atoms with Crippen LogP contribution < -0.4 is 5.32 Å². The third kappa shape index (κ3) is 3.92. The molecule has 0 amide bonds. The van der Waals surface area contributed by atoms with Crippen molar-refractivity contribution in [1.29, 1.82) is 0 Å². The van der Waals surface area contributed by atoms with E-state index in [-0.39, 0.29) is 16.8 Å². The molecular formula is C18H17F4NO2. The predicted molar refractivity (Wildman–Crippen MR) is 86.6 cm³/mol. The summed E-state index contributed by atoms with van der Waals surface area (Å²) in [6.07, 6.45) is -4.79. The lowest BCUT2D eigenvalue weighted by molar-refractivity contribution is -0.145. The molecular weight excluding hydrogens is 338 g/mol. The van der Waals surface area contributed by atoms with Gasteiger partial charge >= 0.3 is 12.1 Å². The number of rotatable bonds is 4. The van der Waals surface area contributed by atoms with E-state index in [1.807, 2.05) is 0 Å². The highest BCUT2D eigenvalue weighted by molar-refractivity contribution is 5.83. The smallest absolute Gasteiger partial charge is 0.416 e. The van der Waals surface area contributed by atoms with Crippen molar-refractivity contribution in [3.8, 4) is 11.1 Å². The van der Waals surface area contributed by atoms with Gasteiger partial charge in [0, 0.05) is 25.1 Å². The number of alkyl halides is 3. The fraction of sp³-hybridized carbons (Fsp3) is 0.278. The minimum Gasteiger partial charge on any atom is -0.461 e. The van der Waals surface area contributed by atoms with Crippen LogP contribution in [0.25, 0.3) is 11.1 Å². The maximum absolute atomic E-state index is 14.6. The molecule has 2 rings (SSSR count). The third-order valence-electron chi connectivity index (χ3n) is 3.78. The van der Waals surface area contributed by atoms with Gasteiger partial charge in [-0.3, -0.25) is 4.79 Å². The predicted octanol–water partition coefficient (Wildman–Crippen LogP) is 4.92. The quantitative estimate of drug-likeness (QED) is 0.625. The topological polar surface area (TPSA) is 38.3 Å². The van der Waals surface area contributed by atoms with Crippen LogP contribution in [0, 0.1) is 12.7 Å². The molecule has 0 radical (unpaired) electrons. The van der Waals surface area contributed by atoms with Gasteiger partial charge in [0.25, 0.3) is 0 Å². The van der Waals surface area contributed by atoms with Crippen LogP contribution in [-0.4, -0.2) is 13.0 Å². The Morgan fingerprint density at radius 1 is 1.24 bits per heavy atom. The van der Waals surface area contributed by atoms with Crippen LogP contribution in [0.5, 0.6) is 0 Å². The average molecular weight is 355 g/mol. The first kappa shape index (κ1) is 18.8. The lowest BCUT2D eigenvalue weighted by atomic mass is 9.93. The number of anilines is 1. The summed E-state index contributed by atoms with van der Waals surface area (Å²) in [5.74, 6) is -1.73. The minimum atomic E-state index is -4.79. The van der Waals surface area contributed by atoms with E-state index >= 15 is 0 Å². The molecule has 0 saturated heterocycles. The van der Waals surface area contributed by atoms with Crippen LogP contribution in [0.3, 0.4) is 0 Å². The van der Waals surface area contributed by atoms with Crippen LogP contribution in [-0.2, 0) is 22.3 Å². The van der Waals surface area contributed by atoms with E-state index in [9.17, 15) is 22.4 Å². The monoisotopic (exact) mass is 355 g/mol. The van der Waals surface area contributed by atoms with Crippen LogP contribution >= 0.6 is 0 Å². The normalized spacial score (nSPS) is 11.3. The highest BCUT2D eigenvalue weighted by Gasteiger charge is 2.37. The van der Waals surface area contributed by atoms with Gasteiger partial charge in [-0.25, -0.2) is 4.39 Å². The summed E-state index contributed by atoms with van der Waals surface area (Å²) >= 11 is 0. The van der Waals surface area contributed by atoms with Gasteiger partial charge in [0.2, 0.25) is 0 Å². The summed E-state index contributed by atoms with van der Waals surface area (Å²) in [4.78, 5) is 11.1. The van der Waals surface area contributed by atoms with Gasteiger partial charge < -0.3 is 10.1 Å². The largest absolute Gasteiger partial charge is 0.461 e. The molecule has 0 atom stereocenters. The summed E-state index contributed by atoms with van der Waals surface area (Å²) in [6, 6.07) is 7.22. The molecule has 3 nitrogen and oxygen atoms in total. The van der Waals surface area contributed by atoms with Crippen molar-refractivity contribution in [1.82, 2.24) is 0 Å². The summed E-state index contributed by atoms with van der Waals surface area (Å²) in [5, 5.41) is 2.64. The lowest BCUT2D eigenvalue weighted by Gasteiger charge is -2.21. The molecule has 0 saturated carbocycles. The Kier molecular flexibility index (Phi) is 5.35. The first-order valence-electron chi connectivity index (χ1n) is 7.46. The van der Waals surface area contributed by atoms with Crippen molar-refractivity contribution in [2.45, 2.75) is 26.6 Å². The third-order valence-corrected chi connectivity index (χ3v) is 3.78. The van der Waals surface area contributed by atoms with Gasteiger partial charge in [-0.2, -0.15) is 13.2 Å². The molecule has 0 aliphatic rings. The van der Waals surface area contributed by atoms with Crippen LogP contribution in [0.1, 0.15) is 23.6 Å². The van der Waals surface area contributed by atoms with Crippen molar-refractivity contribution in [3.63, 3.8) is 0 Å². The number of hydrogen-bond acceptors (Lipinski definition) is 3. The van der Waals surface area contributed by atoms with Crippen molar-refractivity contribution < 1.29 is 27.1 Å². The number of carbonyl (C=O) groups excluding carboxylic acids is 1. The van der Waals surface area contributed by atoms with Gasteiger partial charge in [-0.1, -0.05) is 24.3 Å². The Hall–Kier alpha value is -2.57. The second-order valence-corrected chi connectivity index (χ2v) is 5.48. The standard InChI is InChI=1S/C18H17F4NO2/c1-10-6-4-5-7-12(10)16-15(19)8-14(18(20,21)22)13(17(16)23-3)9-25-11(2)24/h4-8,23H,9H2,1-3H3. The van der Waals surface area contributed by atoms with Crippen molar-refractivity contribution in [3.05, 3.63) is 52.8 Å². The maximum Gasteiger partial charge on any atom is 0.416 e. The van der Waals surface area contributed by atoms with E-state index in [0.717, 1.165) is 6.92 Å². The molecule has 0 aliphatic heterocycles. The Morgan fingerprint density at radius 2 is 1.88 bits per heavy atom. The first-order chi connectivity index (χ1) is 11.7. The van der Waals surface area contributed by atoms with Crippen LogP contribution in [0.4, 0.5) is 23.2 Å². The van der Waals surface area contributed by atoms with E-state index in [2.05, 4.69) is 5.32 Å². The minimum absolute atomic E-state index is 0.00996. The van der Waals surface area contributed by atoms with E-state index in [4.69, 9.17) is 4.74 Å². The highest BCUT2D eigenvalue weighted by Crippen LogP contribution is 2.42. The molecule has 0 heterocycles. The number of hydrogen-bond donors (Lipinski definition) is 1. The molecule has 134 valence electrons. The van der Waals surface area contributed by atoms with Crippen LogP contribution in [0.15, 0.2) is 30.3 Å². The van der Waals surface area contributed by atoms with Crippen molar-refractivity contribution in [2.24, 2.45) is 0 Å². The van der Waals surface area contributed by atoms with Crippen molar-refractivity contribution in [2.75, 3.05) is 12.4 Å².